The minimum Gasteiger partial charge on any atom is -0.462 e. The molecule has 0 aliphatic carbocycles. The highest BCUT2D eigenvalue weighted by Crippen LogP contribution is 2.17. The maximum atomic E-state index is 13.2. The van der Waals surface area contributed by atoms with Gasteiger partial charge < -0.3 is 20.3 Å². The number of hydrogen-bond acceptors (Lipinski definition) is 5. The molecular weight excluding hydrogens is 779 g/mol. The van der Waals surface area contributed by atoms with Gasteiger partial charge in [-0.05, 0) is 83.5 Å². The summed E-state index contributed by atoms with van der Waals surface area (Å²) in [4.78, 5) is 26.2. The fourth-order valence-corrected chi connectivity index (χ4v) is 7.56. The van der Waals surface area contributed by atoms with Crippen LogP contribution in [0.15, 0.2) is 85.1 Å². The zero-order valence-electron chi connectivity index (χ0n) is 41.2. The first-order valence-electron chi connectivity index (χ1n) is 26.4. The zero-order valence-corrected chi connectivity index (χ0v) is 41.2. The molecule has 0 saturated heterocycles. The van der Waals surface area contributed by atoms with Crippen molar-refractivity contribution in [1.82, 2.24) is 5.32 Å². The number of carbonyl (C=O) groups is 2. The Morgan fingerprint density at radius 3 is 1.48 bits per heavy atom. The average Bonchev–Trinajstić information content (AvgIpc) is 3.28. The van der Waals surface area contributed by atoms with Gasteiger partial charge in [-0.15, -0.1) is 0 Å². The van der Waals surface area contributed by atoms with Crippen molar-refractivity contribution in [2.45, 2.75) is 257 Å². The van der Waals surface area contributed by atoms with E-state index in [4.69, 9.17) is 4.74 Å². The minimum atomic E-state index is -0.802. The summed E-state index contributed by atoms with van der Waals surface area (Å²) < 4.78 is 5.92. The molecule has 0 radical (unpaired) electrons. The van der Waals surface area contributed by atoms with E-state index < -0.39 is 18.2 Å². The van der Waals surface area contributed by atoms with E-state index in [1.807, 2.05) is 18.2 Å². The predicted octanol–water partition coefficient (Wildman–Crippen LogP) is 16.0. The lowest BCUT2D eigenvalue weighted by molar-refractivity contribution is -0.151. The van der Waals surface area contributed by atoms with Crippen molar-refractivity contribution >= 4 is 11.9 Å². The molecular formula is C57H99NO5. The molecule has 6 nitrogen and oxygen atoms in total. The van der Waals surface area contributed by atoms with Crippen LogP contribution in [-0.2, 0) is 14.3 Å². The predicted molar refractivity (Wildman–Crippen MR) is 273 cm³/mol. The van der Waals surface area contributed by atoms with Gasteiger partial charge in [0, 0.05) is 6.42 Å². The second kappa shape index (κ2) is 50.0. The van der Waals surface area contributed by atoms with Crippen molar-refractivity contribution in [2.24, 2.45) is 0 Å². The third-order valence-electron chi connectivity index (χ3n) is 11.6. The van der Waals surface area contributed by atoms with Crippen LogP contribution in [0.3, 0.4) is 0 Å². The third kappa shape index (κ3) is 45.4. The number of carbonyl (C=O) groups excluding carboxylic acids is 2. The second-order valence-electron chi connectivity index (χ2n) is 17.6. The molecule has 0 aliphatic heterocycles. The van der Waals surface area contributed by atoms with Crippen LogP contribution in [-0.4, -0.2) is 46.9 Å². The number of allylic oxidation sites excluding steroid dienone is 14. The zero-order chi connectivity index (χ0) is 45.9. The molecule has 0 aromatic rings. The number of hydrogen-bond donors (Lipinski definition) is 3. The molecule has 0 aliphatic rings. The fraction of sp³-hybridized carbons (Fsp3) is 0.719. The van der Waals surface area contributed by atoms with Gasteiger partial charge in [0.1, 0.15) is 6.10 Å². The first kappa shape index (κ1) is 60.0. The maximum Gasteiger partial charge on any atom is 0.306 e. The Kier molecular flexibility index (Phi) is 47.7. The molecule has 0 rings (SSSR count). The number of esters is 1. The molecule has 63 heavy (non-hydrogen) atoms. The summed E-state index contributed by atoms with van der Waals surface area (Å²) in [5.41, 5.74) is 0. The van der Waals surface area contributed by atoms with Gasteiger partial charge in [-0.1, -0.05) is 228 Å². The molecule has 0 aromatic carbocycles. The Morgan fingerprint density at radius 2 is 0.921 bits per heavy atom. The lowest BCUT2D eigenvalue weighted by Gasteiger charge is -2.24. The van der Waals surface area contributed by atoms with Crippen LogP contribution in [0.1, 0.15) is 239 Å². The van der Waals surface area contributed by atoms with Crippen LogP contribution >= 0.6 is 0 Å². The van der Waals surface area contributed by atoms with E-state index in [1.165, 1.54) is 83.5 Å². The van der Waals surface area contributed by atoms with Gasteiger partial charge in [0.25, 0.3) is 0 Å². The van der Waals surface area contributed by atoms with Crippen LogP contribution in [0.4, 0.5) is 0 Å². The summed E-state index contributed by atoms with van der Waals surface area (Å²) in [6.45, 7) is 6.30. The van der Waals surface area contributed by atoms with Gasteiger partial charge in [0.15, 0.2) is 0 Å². The van der Waals surface area contributed by atoms with Gasteiger partial charge >= 0.3 is 5.97 Å². The van der Waals surface area contributed by atoms with Crippen molar-refractivity contribution in [3.8, 4) is 0 Å². The summed E-state index contributed by atoms with van der Waals surface area (Å²) in [5, 5.41) is 23.8. The first-order valence-corrected chi connectivity index (χ1v) is 26.4. The van der Waals surface area contributed by atoms with Crippen LogP contribution in [0.25, 0.3) is 0 Å². The van der Waals surface area contributed by atoms with Crippen molar-refractivity contribution in [1.29, 1.82) is 0 Å². The Balaban J connectivity index is 4.70. The topological polar surface area (TPSA) is 95.9 Å². The van der Waals surface area contributed by atoms with Gasteiger partial charge in [-0.3, -0.25) is 9.59 Å². The van der Waals surface area contributed by atoms with Gasteiger partial charge in [-0.25, -0.2) is 0 Å². The van der Waals surface area contributed by atoms with E-state index in [2.05, 4.69) is 92.9 Å². The first-order chi connectivity index (χ1) is 31.0. The van der Waals surface area contributed by atoms with Gasteiger partial charge in [0.2, 0.25) is 5.91 Å². The van der Waals surface area contributed by atoms with E-state index in [-0.39, 0.29) is 24.9 Å². The van der Waals surface area contributed by atoms with E-state index in [0.29, 0.717) is 19.3 Å². The maximum absolute atomic E-state index is 13.2. The number of ether oxygens (including phenoxy) is 1. The number of aliphatic hydroxyl groups excluding tert-OH is 2. The van der Waals surface area contributed by atoms with E-state index >= 15 is 0 Å². The van der Waals surface area contributed by atoms with Gasteiger partial charge in [0.05, 0.1) is 25.2 Å². The number of unbranched alkanes of at least 4 members (excludes halogenated alkanes) is 23. The number of rotatable bonds is 46. The molecule has 0 saturated carbocycles. The van der Waals surface area contributed by atoms with Crippen molar-refractivity contribution in [3.05, 3.63) is 85.1 Å². The van der Waals surface area contributed by atoms with Crippen molar-refractivity contribution in [3.63, 3.8) is 0 Å². The molecule has 0 bridgehead atoms. The molecule has 1 amide bonds. The number of nitrogens with one attached hydrogen (secondary N) is 1. The molecule has 3 unspecified atom stereocenters. The van der Waals surface area contributed by atoms with E-state index in [1.54, 1.807) is 0 Å². The second-order valence-corrected chi connectivity index (χ2v) is 17.6. The monoisotopic (exact) mass is 878 g/mol. The highest BCUT2D eigenvalue weighted by Gasteiger charge is 2.24. The normalized spacial score (nSPS) is 13.9. The van der Waals surface area contributed by atoms with E-state index in [0.717, 1.165) is 109 Å². The van der Waals surface area contributed by atoms with Crippen LogP contribution in [0, 0.1) is 0 Å². The summed E-state index contributed by atoms with van der Waals surface area (Å²) in [7, 11) is 0. The van der Waals surface area contributed by atoms with Crippen LogP contribution < -0.4 is 5.32 Å². The molecule has 3 atom stereocenters. The lowest BCUT2D eigenvalue weighted by atomic mass is 10.0. The standard InChI is InChI=1S/C57H99NO5/c1-4-7-10-13-16-19-22-25-27-28-30-31-33-36-39-42-45-48-53(63-57(62)50-47-44-41-38-35-32-29-26-23-20-17-14-11-8-5-2)51-56(61)58-54(52-59)55(60)49-46-43-40-37-34-24-21-18-15-12-9-6-3/h8,11,14,16-17,19-20,23,25-27,29-31,53-55,59-60H,4-7,9-10,12-13,15,18,21-22,24,28,32-52H2,1-3H3,(H,58,61)/b11-8+,17-14+,19-16-,23-20+,27-25-,29-26-,31-30-. The molecule has 362 valence electrons. The van der Waals surface area contributed by atoms with E-state index in [9.17, 15) is 19.8 Å². The quantitative estimate of drug-likeness (QED) is 0.0245. The molecule has 0 fully saturated rings. The summed E-state index contributed by atoms with van der Waals surface area (Å²) in [6.07, 6.45) is 64.9. The third-order valence-corrected chi connectivity index (χ3v) is 11.6. The van der Waals surface area contributed by atoms with Crippen LogP contribution in [0.5, 0.6) is 0 Å². The Labute approximate surface area is 389 Å². The smallest absolute Gasteiger partial charge is 0.306 e. The molecule has 6 heteroatoms. The summed E-state index contributed by atoms with van der Waals surface area (Å²) in [6, 6.07) is -0.718. The van der Waals surface area contributed by atoms with Crippen LogP contribution in [0.2, 0.25) is 0 Å². The fourth-order valence-electron chi connectivity index (χ4n) is 7.56. The highest BCUT2D eigenvalue weighted by atomic mass is 16.5. The highest BCUT2D eigenvalue weighted by molar-refractivity contribution is 5.77. The molecule has 0 spiro atoms. The summed E-state index contributed by atoms with van der Waals surface area (Å²) in [5.74, 6) is -0.525. The lowest BCUT2D eigenvalue weighted by Crippen LogP contribution is -2.46. The molecule has 0 aromatic heterocycles. The minimum absolute atomic E-state index is 0.0490. The Hall–Kier alpha value is -2.96. The Morgan fingerprint density at radius 1 is 0.492 bits per heavy atom. The Bertz CT molecular complexity index is 1210. The molecule has 3 N–H and O–H groups in total. The largest absolute Gasteiger partial charge is 0.462 e. The number of aliphatic hydroxyl groups is 2. The number of amides is 1. The molecule has 0 heterocycles. The summed E-state index contributed by atoms with van der Waals surface area (Å²) >= 11 is 0. The average molecular weight is 878 g/mol. The van der Waals surface area contributed by atoms with Crippen molar-refractivity contribution < 1.29 is 24.5 Å². The SMILES string of the molecule is CC/C=C/C=C/C=C/C=C\CCCCCCCC(=O)OC(CCCCCC/C=C\C/C=C\C/C=C\CCCCC)CC(=O)NC(CO)C(O)CCCCCCCCCCCCCC. The van der Waals surface area contributed by atoms with Crippen molar-refractivity contribution in [2.75, 3.05) is 6.61 Å². The van der Waals surface area contributed by atoms with Gasteiger partial charge in [-0.2, -0.15) is 0 Å².